The van der Waals surface area contributed by atoms with Crippen LogP contribution in [0.2, 0.25) is 0 Å². The molecule has 1 aromatic heterocycles. The minimum Gasteiger partial charge on any atom is -0.478 e. The highest BCUT2D eigenvalue weighted by molar-refractivity contribution is 7.99. The fourth-order valence-electron chi connectivity index (χ4n) is 2.56. The van der Waals surface area contributed by atoms with Crippen molar-refractivity contribution < 1.29 is 14.7 Å². The number of nitrogens with one attached hydrogen (secondary N) is 1. The van der Waals surface area contributed by atoms with E-state index >= 15 is 0 Å². The summed E-state index contributed by atoms with van der Waals surface area (Å²) in [5.74, 6) is 1.49. The number of carboxylic acids is 1. The number of nitrogens with zero attached hydrogens (tertiary/aromatic N) is 3. The number of hydrogen-bond donors (Lipinski definition) is 2. The van der Waals surface area contributed by atoms with Gasteiger partial charge >= 0.3 is 5.97 Å². The number of carbonyl (C=O) groups excluding carboxylic acids is 1. The molecule has 1 amide bonds. The molecule has 0 fully saturated rings. The molecule has 0 saturated carbocycles. The van der Waals surface area contributed by atoms with Gasteiger partial charge in [0.15, 0.2) is 5.16 Å². The van der Waals surface area contributed by atoms with Crippen LogP contribution in [-0.2, 0) is 23.3 Å². The standard InChI is InChI=1S/C21H22N4O3S2/c1-14-3-5-15(6-4-14)11-29-12-18-23-24-21(25(18)2)30-13-19(26)22-17-9-7-16(8-10-17)20(27)28/h3-10H,11-13H2,1-2H3,(H,22,26)(H,27,28). The highest BCUT2D eigenvalue weighted by Gasteiger charge is 2.12. The zero-order valence-corrected chi connectivity index (χ0v) is 18.3. The van der Waals surface area contributed by atoms with Gasteiger partial charge in [0.2, 0.25) is 5.91 Å². The quantitative estimate of drug-likeness (QED) is 0.484. The molecule has 0 aliphatic carbocycles. The molecule has 9 heteroatoms. The minimum absolute atomic E-state index is 0.175. The van der Waals surface area contributed by atoms with E-state index < -0.39 is 5.97 Å². The number of aryl methyl sites for hydroxylation is 1. The van der Waals surface area contributed by atoms with Crippen molar-refractivity contribution in [1.29, 1.82) is 0 Å². The Morgan fingerprint density at radius 3 is 2.40 bits per heavy atom. The zero-order valence-electron chi connectivity index (χ0n) is 16.7. The SMILES string of the molecule is Cc1ccc(CSCc2nnc(SCC(=O)Nc3ccc(C(=O)O)cc3)n2C)cc1. The van der Waals surface area contributed by atoms with E-state index in [0.29, 0.717) is 10.8 Å². The summed E-state index contributed by atoms with van der Waals surface area (Å²) < 4.78 is 1.90. The van der Waals surface area contributed by atoms with Gasteiger partial charge in [0.25, 0.3) is 0 Å². The molecule has 7 nitrogen and oxygen atoms in total. The highest BCUT2D eigenvalue weighted by Crippen LogP contribution is 2.21. The first-order chi connectivity index (χ1) is 14.4. The summed E-state index contributed by atoms with van der Waals surface area (Å²) in [5, 5.41) is 20.7. The number of anilines is 1. The van der Waals surface area contributed by atoms with Gasteiger partial charge in [0.1, 0.15) is 5.82 Å². The average Bonchev–Trinajstić information content (AvgIpc) is 3.08. The maximum atomic E-state index is 12.2. The third kappa shape index (κ3) is 6.11. The lowest BCUT2D eigenvalue weighted by Gasteiger charge is -2.06. The molecule has 2 aromatic carbocycles. The van der Waals surface area contributed by atoms with E-state index in [1.165, 1.54) is 35.0 Å². The Balaban J connectivity index is 1.46. The number of carboxylic acid groups (broad SMARTS) is 1. The van der Waals surface area contributed by atoms with E-state index in [0.717, 1.165) is 17.3 Å². The zero-order chi connectivity index (χ0) is 21.5. The third-order valence-corrected chi connectivity index (χ3v) is 6.31. The third-order valence-electron chi connectivity index (χ3n) is 4.29. The highest BCUT2D eigenvalue weighted by atomic mass is 32.2. The van der Waals surface area contributed by atoms with Crippen LogP contribution < -0.4 is 5.32 Å². The Labute approximate surface area is 183 Å². The van der Waals surface area contributed by atoms with E-state index in [9.17, 15) is 9.59 Å². The van der Waals surface area contributed by atoms with Crippen LogP contribution in [0.3, 0.4) is 0 Å². The second kappa shape index (κ2) is 10.3. The van der Waals surface area contributed by atoms with Gasteiger partial charge in [-0.1, -0.05) is 41.6 Å². The molecule has 0 aliphatic heterocycles. The lowest BCUT2D eigenvalue weighted by Crippen LogP contribution is -2.14. The monoisotopic (exact) mass is 442 g/mol. The van der Waals surface area contributed by atoms with Crippen molar-refractivity contribution in [3.63, 3.8) is 0 Å². The number of hydrogen-bond acceptors (Lipinski definition) is 6. The number of thioether (sulfide) groups is 2. The van der Waals surface area contributed by atoms with Gasteiger partial charge < -0.3 is 15.0 Å². The maximum Gasteiger partial charge on any atom is 0.335 e. The first-order valence-electron chi connectivity index (χ1n) is 9.20. The van der Waals surface area contributed by atoms with Crippen LogP contribution in [0.15, 0.2) is 53.7 Å². The van der Waals surface area contributed by atoms with Gasteiger partial charge in [-0.3, -0.25) is 4.79 Å². The lowest BCUT2D eigenvalue weighted by molar-refractivity contribution is -0.113. The predicted octanol–water partition coefficient (Wildman–Crippen LogP) is 3.99. The molecule has 3 rings (SSSR count). The van der Waals surface area contributed by atoms with Gasteiger partial charge in [0, 0.05) is 18.5 Å². The Kier molecular flexibility index (Phi) is 7.53. The van der Waals surface area contributed by atoms with Crippen LogP contribution in [0.4, 0.5) is 5.69 Å². The number of amides is 1. The van der Waals surface area contributed by atoms with Gasteiger partial charge in [-0.05, 0) is 36.8 Å². The van der Waals surface area contributed by atoms with Crippen LogP contribution in [0.5, 0.6) is 0 Å². The average molecular weight is 443 g/mol. The summed E-state index contributed by atoms with van der Waals surface area (Å²) in [6.45, 7) is 2.07. The molecule has 3 aromatic rings. The van der Waals surface area contributed by atoms with E-state index in [2.05, 4.69) is 46.7 Å². The summed E-state index contributed by atoms with van der Waals surface area (Å²) in [6, 6.07) is 14.5. The first-order valence-corrected chi connectivity index (χ1v) is 11.3. The number of carbonyl (C=O) groups is 2. The molecular weight excluding hydrogens is 420 g/mol. The summed E-state index contributed by atoms with van der Waals surface area (Å²) >= 11 is 3.08. The normalized spacial score (nSPS) is 10.7. The van der Waals surface area contributed by atoms with E-state index in [-0.39, 0.29) is 17.2 Å². The van der Waals surface area contributed by atoms with Gasteiger partial charge in [-0.25, -0.2) is 4.79 Å². The summed E-state index contributed by atoms with van der Waals surface area (Å²) in [6.07, 6.45) is 0. The molecule has 2 N–H and O–H groups in total. The summed E-state index contributed by atoms with van der Waals surface area (Å²) in [4.78, 5) is 23.0. The van der Waals surface area contributed by atoms with Crippen molar-refractivity contribution in [1.82, 2.24) is 14.8 Å². The van der Waals surface area contributed by atoms with Crippen LogP contribution in [0, 0.1) is 6.92 Å². The second-order valence-corrected chi connectivity index (χ2v) is 8.58. The fourth-order valence-corrected chi connectivity index (χ4v) is 4.26. The lowest BCUT2D eigenvalue weighted by atomic mass is 10.2. The maximum absolute atomic E-state index is 12.2. The molecule has 30 heavy (non-hydrogen) atoms. The Morgan fingerprint density at radius 2 is 1.73 bits per heavy atom. The molecule has 0 bridgehead atoms. The fraction of sp³-hybridized carbons (Fsp3) is 0.238. The summed E-state index contributed by atoms with van der Waals surface area (Å²) in [5.41, 5.74) is 3.25. The smallest absolute Gasteiger partial charge is 0.335 e. The van der Waals surface area contributed by atoms with Crippen LogP contribution in [-0.4, -0.2) is 37.5 Å². The van der Waals surface area contributed by atoms with Crippen molar-refractivity contribution in [2.45, 2.75) is 23.6 Å². The Morgan fingerprint density at radius 1 is 1.03 bits per heavy atom. The first kappa shape index (κ1) is 21.9. The number of aromatic nitrogens is 3. The predicted molar refractivity (Wildman–Crippen MR) is 120 cm³/mol. The van der Waals surface area contributed by atoms with E-state index in [1.54, 1.807) is 23.9 Å². The van der Waals surface area contributed by atoms with Crippen molar-refractivity contribution >= 4 is 41.1 Å². The largest absolute Gasteiger partial charge is 0.478 e. The Bertz CT molecular complexity index is 1020. The van der Waals surface area contributed by atoms with Crippen molar-refractivity contribution in [3.8, 4) is 0 Å². The molecule has 156 valence electrons. The van der Waals surface area contributed by atoms with Crippen LogP contribution >= 0.6 is 23.5 Å². The molecule has 0 atom stereocenters. The number of aromatic carboxylic acids is 1. The molecule has 0 aliphatic rings. The molecule has 0 saturated heterocycles. The number of benzene rings is 2. The van der Waals surface area contributed by atoms with Crippen molar-refractivity contribution in [3.05, 3.63) is 71.0 Å². The van der Waals surface area contributed by atoms with E-state index in [1.807, 2.05) is 11.6 Å². The number of rotatable bonds is 9. The molecule has 0 unspecified atom stereocenters. The van der Waals surface area contributed by atoms with Crippen LogP contribution in [0.25, 0.3) is 0 Å². The molecule has 0 spiro atoms. The molecule has 1 heterocycles. The van der Waals surface area contributed by atoms with Gasteiger partial charge in [-0.15, -0.1) is 22.0 Å². The second-order valence-electron chi connectivity index (χ2n) is 6.66. The molecule has 0 radical (unpaired) electrons. The van der Waals surface area contributed by atoms with Crippen LogP contribution in [0.1, 0.15) is 27.3 Å². The minimum atomic E-state index is -1.00. The summed E-state index contributed by atoms with van der Waals surface area (Å²) in [7, 11) is 1.90. The van der Waals surface area contributed by atoms with Crippen molar-refractivity contribution in [2.75, 3.05) is 11.1 Å². The van der Waals surface area contributed by atoms with Gasteiger partial charge in [-0.2, -0.15) is 0 Å². The Hall–Kier alpha value is -2.78. The van der Waals surface area contributed by atoms with Crippen molar-refractivity contribution in [2.24, 2.45) is 7.05 Å². The van der Waals surface area contributed by atoms with Gasteiger partial charge in [0.05, 0.1) is 17.1 Å². The topological polar surface area (TPSA) is 97.1 Å². The molecular formula is C21H22N4O3S2. The van der Waals surface area contributed by atoms with E-state index in [4.69, 9.17) is 5.11 Å².